The number of nitrogens with zero attached hydrogens (tertiary/aromatic N) is 2. The summed E-state index contributed by atoms with van der Waals surface area (Å²) in [6, 6.07) is 104. The normalized spacial score (nSPS) is 13.6. The van der Waals surface area contributed by atoms with Gasteiger partial charge in [0.25, 0.3) is 5.79 Å². The van der Waals surface area contributed by atoms with Crippen LogP contribution in [0.25, 0.3) is 23.3 Å². The average Bonchev–Trinajstić information content (AvgIpc) is 1.34. The number of allylic oxidation sites excluding steroid dienone is 2. The fourth-order valence-electron chi connectivity index (χ4n) is 14.2. The zero-order chi connectivity index (χ0) is 85.4. The molecular formula is C106H94N2O12. The molecule has 0 saturated heterocycles. The summed E-state index contributed by atoms with van der Waals surface area (Å²) in [6.07, 6.45) is 6.70. The Morgan fingerprint density at radius 2 is 0.642 bits per heavy atom. The molecule has 120 heavy (non-hydrogen) atoms. The van der Waals surface area contributed by atoms with E-state index in [4.69, 9.17) is 9.47 Å². The van der Waals surface area contributed by atoms with Crippen LogP contribution < -0.4 is 9.80 Å². The van der Waals surface area contributed by atoms with Crippen molar-refractivity contribution in [2.75, 3.05) is 52.2 Å². The lowest BCUT2D eigenvalue weighted by Crippen LogP contribution is -2.39. The van der Waals surface area contributed by atoms with Gasteiger partial charge in [0.15, 0.2) is 34.7 Å². The number of hydrogen-bond donors (Lipinski definition) is 0. The van der Waals surface area contributed by atoms with Gasteiger partial charge in [-0.15, -0.1) is 0 Å². The molecule has 0 amide bonds. The van der Waals surface area contributed by atoms with E-state index in [0.29, 0.717) is 56.0 Å². The van der Waals surface area contributed by atoms with Crippen LogP contribution in [-0.2, 0) is 36.0 Å². The predicted molar refractivity (Wildman–Crippen MR) is 476 cm³/mol. The Labute approximate surface area is 701 Å². The highest BCUT2D eigenvalue weighted by Crippen LogP contribution is 2.37. The molecule has 1 fully saturated rings. The molecule has 14 nitrogen and oxygen atoms in total. The summed E-state index contributed by atoms with van der Waals surface area (Å²) >= 11 is 0. The zero-order valence-electron chi connectivity index (χ0n) is 68.9. The van der Waals surface area contributed by atoms with Crippen molar-refractivity contribution in [3.8, 4) is 11.1 Å². The third kappa shape index (κ3) is 21.5. The van der Waals surface area contributed by atoms with Gasteiger partial charge in [-0.25, -0.2) is 4.79 Å². The Hall–Kier alpha value is -14.3. The molecule has 0 atom stereocenters. The Bertz CT molecular complexity index is 5580. The van der Waals surface area contributed by atoms with Crippen molar-refractivity contribution in [2.45, 2.75) is 52.7 Å². The monoisotopic (exact) mass is 1590 g/mol. The molecule has 600 valence electrons. The smallest absolute Gasteiger partial charge is 0.345 e. The van der Waals surface area contributed by atoms with Gasteiger partial charge in [0, 0.05) is 139 Å². The van der Waals surface area contributed by atoms with E-state index in [9.17, 15) is 43.2 Å². The first-order valence-electron chi connectivity index (χ1n) is 39.4. The first-order valence-corrected chi connectivity index (χ1v) is 39.4. The van der Waals surface area contributed by atoms with Gasteiger partial charge in [0.05, 0.1) is 5.56 Å². The molecule has 0 bridgehead atoms. The number of esters is 2. The SMILES string of the molecule is CC(=O)OC(=O)c1ccccc1.CN(C)c1ccc(C(=O)c2ccc(N(C)C)cc2)cc1.COC(OC)(C(=O)c1ccccc1)c1ccccc1.Cc1ccc(/C=C2\CC(C)C/C(=C\c3ccc(C)cc3)C2=O)cc1.O=C1c2ccccc2-c2ccccc21.O=C1c2ccccc2C(=O)c2ccccc21.O=C1c2ccccc2Cc2ccccc21. The number of rotatable bonds is 12. The summed E-state index contributed by atoms with van der Waals surface area (Å²) in [5.41, 5.74) is 21.5. The third-order valence-corrected chi connectivity index (χ3v) is 20.5. The number of anilines is 2. The van der Waals surface area contributed by atoms with Gasteiger partial charge in [0.1, 0.15) is 0 Å². The quantitative estimate of drug-likeness (QED) is 0.0369. The van der Waals surface area contributed by atoms with Crippen LogP contribution in [-0.4, -0.2) is 94.8 Å². The highest BCUT2D eigenvalue weighted by Gasteiger charge is 2.41. The molecule has 0 N–H and O–H groups in total. The largest absolute Gasteiger partial charge is 0.390 e. The van der Waals surface area contributed by atoms with E-state index in [2.05, 4.69) is 86.2 Å². The van der Waals surface area contributed by atoms with Crippen LogP contribution in [0.15, 0.2) is 345 Å². The Morgan fingerprint density at radius 3 is 0.983 bits per heavy atom. The summed E-state index contributed by atoms with van der Waals surface area (Å²) in [5.74, 6) is -1.88. The second-order valence-electron chi connectivity index (χ2n) is 29.5. The summed E-state index contributed by atoms with van der Waals surface area (Å²) in [7, 11) is 10.9. The van der Waals surface area contributed by atoms with E-state index in [-0.39, 0.29) is 40.5 Å². The summed E-state index contributed by atoms with van der Waals surface area (Å²) in [5, 5.41) is 0. The molecule has 0 unspecified atom stereocenters. The molecule has 13 aromatic rings. The van der Waals surface area contributed by atoms with Crippen LogP contribution in [0.3, 0.4) is 0 Å². The number of ketones is 7. The van der Waals surface area contributed by atoms with Crippen molar-refractivity contribution in [3.63, 3.8) is 0 Å². The van der Waals surface area contributed by atoms with E-state index in [1.54, 1.807) is 91.0 Å². The fourth-order valence-corrected chi connectivity index (χ4v) is 14.2. The van der Waals surface area contributed by atoms with Crippen LogP contribution in [0.5, 0.6) is 0 Å². The van der Waals surface area contributed by atoms with Crippen LogP contribution in [0.4, 0.5) is 11.4 Å². The van der Waals surface area contributed by atoms with E-state index in [1.807, 2.05) is 232 Å². The van der Waals surface area contributed by atoms with Gasteiger partial charge in [-0.2, -0.15) is 0 Å². The molecule has 4 aliphatic carbocycles. The molecule has 0 aromatic heterocycles. The molecule has 0 spiro atoms. The lowest BCUT2D eigenvalue weighted by atomic mass is 9.81. The molecule has 0 aliphatic heterocycles. The minimum Gasteiger partial charge on any atom is -0.390 e. The Morgan fingerprint density at radius 1 is 0.342 bits per heavy atom. The number of ether oxygens (including phenoxy) is 3. The molecule has 0 radical (unpaired) electrons. The number of methoxy groups -OCH3 is 2. The first kappa shape index (κ1) is 86.5. The minimum absolute atomic E-state index is 0.0561. The lowest BCUT2D eigenvalue weighted by molar-refractivity contribution is -0.176. The summed E-state index contributed by atoms with van der Waals surface area (Å²) < 4.78 is 15.2. The Kier molecular flexibility index (Phi) is 29.6. The van der Waals surface area contributed by atoms with Crippen molar-refractivity contribution in [1.29, 1.82) is 0 Å². The van der Waals surface area contributed by atoms with Crippen LogP contribution in [0, 0.1) is 19.8 Å². The van der Waals surface area contributed by atoms with Crippen molar-refractivity contribution in [1.82, 2.24) is 0 Å². The lowest BCUT2D eigenvalue weighted by Gasteiger charge is -2.29. The van der Waals surface area contributed by atoms with Crippen LogP contribution >= 0.6 is 0 Å². The molecular weight excluding hydrogens is 1490 g/mol. The van der Waals surface area contributed by atoms with Crippen LogP contribution in [0.1, 0.15) is 166 Å². The number of Topliss-reactive ketones (excluding diaryl/α,β-unsaturated/α-hetero) is 2. The second kappa shape index (κ2) is 41.0. The van der Waals surface area contributed by atoms with E-state index in [0.717, 1.165) is 97.4 Å². The highest BCUT2D eigenvalue weighted by atomic mass is 16.7. The van der Waals surface area contributed by atoms with E-state index < -0.39 is 17.7 Å². The van der Waals surface area contributed by atoms with Crippen LogP contribution in [0.2, 0.25) is 0 Å². The average molecular weight is 1590 g/mol. The topological polar surface area (TPSA) is 188 Å². The predicted octanol–water partition coefficient (Wildman–Crippen LogP) is 21.4. The molecule has 14 heteroatoms. The van der Waals surface area contributed by atoms with Crippen molar-refractivity contribution < 1.29 is 57.4 Å². The van der Waals surface area contributed by atoms with E-state index >= 15 is 0 Å². The van der Waals surface area contributed by atoms with Gasteiger partial charge in [-0.05, 0) is 145 Å². The first-order chi connectivity index (χ1) is 58.0. The molecule has 1 saturated carbocycles. The van der Waals surface area contributed by atoms with E-state index in [1.165, 1.54) is 32.3 Å². The highest BCUT2D eigenvalue weighted by molar-refractivity contribution is 6.28. The number of carbonyl (C=O) groups is 9. The third-order valence-electron chi connectivity index (χ3n) is 20.5. The number of hydrogen-bond acceptors (Lipinski definition) is 14. The summed E-state index contributed by atoms with van der Waals surface area (Å²) in [6.45, 7) is 7.57. The second-order valence-corrected chi connectivity index (χ2v) is 29.5. The van der Waals surface area contributed by atoms with Gasteiger partial charge in [0.2, 0.25) is 5.78 Å². The summed E-state index contributed by atoms with van der Waals surface area (Å²) in [4.78, 5) is 112. The molecule has 4 aliphatic rings. The standard InChI is InChI=1S/C23H24O.C17H20N2O.C16H16O3.C14H8O2.C14H10O.C13H8O.C9H8O3/c1-16-4-8-19(9-5-16)14-21-12-18(3)13-22(23(21)24)15-20-10-6-17(2)7-11-20;1-18(2)15-9-5-13(6-10-15)17(20)14-7-11-16(12-8-14)19(3)4;1-18-16(19-2,14-11-7-4-8-12-14)15(17)13-9-5-3-6-10-13;15-13-9-5-1-2-6-10(9)14(16)12-8-4-3-7-11(12)13;15-14-12-7-3-1-5-10(12)9-11-6-2-4-8-13(11)14;14-13-11-7-3-1-5-9(11)10-6-2-4-8-12(10)13;1-7(10)12-9(11)8-5-3-2-4-6-8/h4-11,14-15,18H,12-13H2,1-3H3;5-12H,1-4H3;3-12H,1-2H3;1-8H;1-8H,9H2;1-8H;2-6H,1H3/b21-14+,22-15+;;;;;;. The molecule has 17 rings (SSSR count). The minimum atomic E-state index is -1.40. The fraction of sp³-hybridized carbons (Fsp3) is 0.142. The van der Waals surface area contributed by atoms with Gasteiger partial charge in [-0.1, -0.05) is 291 Å². The number of benzene rings is 13. The van der Waals surface area contributed by atoms with Gasteiger partial charge >= 0.3 is 11.9 Å². The van der Waals surface area contributed by atoms with Crippen molar-refractivity contribution in [3.05, 3.63) is 451 Å². The number of fused-ring (bicyclic) bond motifs is 7. The Balaban J connectivity index is 0.000000138. The number of carbonyl (C=O) groups excluding carboxylic acids is 9. The van der Waals surface area contributed by atoms with Gasteiger partial charge in [-0.3, -0.25) is 38.4 Å². The maximum atomic E-state index is 12.9. The van der Waals surface area contributed by atoms with Crippen molar-refractivity contribution in [2.24, 2.45) is 5.92 Å². The molecule has 0 heterocycles. The molecule has 13 aromatic carbocycles. The van der Waals surface area contributed by atoms with Gasteiger partial charge < -0.3 is 24.0 Å². The zero-order valence-corrected chi connectivity index (χ0v) is 68.9. The maximum absolute atomic E-state index is 12.9. The number of aryl methyl sites for hydroxylation is 2. The van der Waals surface area contributed by atoms with Crippen molar-refractivity contribution >= 4 is 75.9 Å². The maximum Gasteiger partial charge on any atom is 0.345 e.